The highest BCUT2D eigenvalue weighted by Gasteiger charge is 2.21. The number of phenolic OH excluding ortho intramolecular Hbond substituents is 1. The van der Waals surface area contributed by atoms with E-state index in [0.717, 1.165) is 0 Å². The van der Waals surface area contributed by atoms with Gasteiger partial charge in [-0.25, -0.2) is 4.79 Å². The average molecular weight is 210 g/mol. The highest BCUT2D eigenvalue weighted by atomic mass is 16.5. The fourth-order valence-electron chi connectivity index (χ4n) is 1.68. The van der Waals surface area contributed by atoms with Gasteiger partial charge in [-0.2, -0.15) is 0 Å². The first-order valence-corrected chi connectivity index (χ1v) is 4.51. The number of carboxylic acids is 1. The van der Waals surface area contributed by atoms with E-state index in [-0.39, 0.29) is 17.1 Å². The minimum atomic E-state index is -1.01. The van der Waals surface area contributed by atoms with Crippen molar-refractivity contribution in [2.24, 2.45) is 0 Å². The smallest absolute Gasteiger partial charge is 0.336 e. The van der Waals surface area contributed by atoms with Gasteiger partial charge < -0.3 is 14.9 Å². The Balaban J connectivity index is 3.68. The van der Waals surface area contributed by atoms with Crippen molar-refractivity contribution in [3.8, 4) is 11.5 Å². The third kappa shape index (κ3) is 1.63. The van der Waals surface area contributed by atoms with Crippen LogP contribution in [0.1, 0.15) is 27.0 Å². The van der Waals surface area contributed by atoms with Gasteiger partial charge in [0.05, 0.1) is 12.7 Å². The highest BCUT2D eigenvalue weighted by Crippen LogP contribution is 2.38. The fraction of sp³-hybridized carbons (Fsp3) is 0.364. The molecule has 15 heavy (non-hydrogen) atoms. The molecule has 0 aromatic heterocycles. The van der Waals surface area contributed by atoms with E-state index in [4.69, 9.17) is 9.84 Å². The summed E-state index contributed by atoms with van der Waals surface area (Å²) in [4.78, 5) is 11.0. The van der Waals surface area contributed by atoms with Gasteiger partial charge in [0.1, 0.15) is 0 Å². The fourth-order valence-corrected chi connectivity index (χ4v) is 1.68. The lowest BCUT2D eigenvalue weighted by Crippen LogP contribution is -2.06. The van der Waals surface area contributed by atoms with Crippen molar-refractivity contribution in [1.29, 1.82) is 0 Å². The van der Waals surface area contributed by atoms with Crippen LogP contribution in [-0.2, 0) is 0 Å². The van der Waals surface area contributed by atoms with Crippen LogP contribution < -0.4 is 4.74 Å². The molecule has 1 aromatic carbocycles. The first-order valence-electron chi connectivity index (χ1n) is 4.51. The van der Waals surface area contributed by atoms with Crippen molar-refractivity contribution in [2.45, 2.75) is 20.8 Å². The van der Waals surface area contributed by atoms with Crippen LogP contribution >= 0.6 is 0 Å². The molecule has 0 fully saturated rings. The van der Waals surface area contributed by atoms with E-state index in [1.165, 1.54) is 7.11 Å². The molecule has 0 unspecified atom stereocenters. The van der Waals surface area contributed by atoms with Gasteiger partial charge in [0.2, 0.25) is 0 Å². The van der Waals surface area contributed by atoms with Gasteiger partial charge in [-0.1, -0.05) is 0 Å². The first-order chi connectivity index (χ1) is 6.91. The molecule has 0 amide bonds. The van der Waals surface area contributed by atoms with Gasteiger partial charge in [-0.3, -0.25) is 0 Å². The summed E-state index contributed by atoms with van der Waals surface area (Å²) in [6.45, 7) is 4.96. The maximum Gasteiger partial charge on any atom is 0.336 e. The van der Waals surface area contributed by atoms with Gasteiger partial charge in [0.25, 0.3) is 0 Å². The van der Waals surface area contributed by atoms with Crippen LogP contribution in [0.4, 0.5) is 0 Å². The second-order valence-electron chi connectivity index (χ2n) is 3.44. The largest absolute Gasteiger partial charge is 0.504 e. The Bertz CT molecular complexity index is 421. The SMILES string of the molecule is COc1c(C)c(C(=O)O)c(C)c(C)c1O. The predicted octanol–water partition coefficient (Wildman–Crippen LogP) is 2.02. The van der Waals surface area contributed by atoms with Gasteiger partial charge in [0, 0.05) is 5.56 Å². The van der Waals surface area contributed by atoms with Gasteiger partial charge in [-0.05, 0) is 31.9 Å². The number of aromatic hydroxyl groups is 1. The first kappa shape index (κ1) is 11.4. The minimum absolute atomic E-state index is 0.0116. The summed E-state index contributed by atoms with van der Waals surface area (Å²) in [6.07, 6.45) is 0. The number of ether oxygens (including phenoxy) is 1. The maximum atomic E-state index is 11.0. The lowest BCUT2D eigenvalue weighted by molar-refractivity contribution is 0.0694. The van der Waals surface area contributed by atoms with E-state index in [1.807, 2.05) is 0 Å². The zero-order valence-electron chi connectivity index (χ0n) is 9.21. The Morgan fingerprint density at radius 3 is 2.07 bits per heavy atom. The number of phenols is 1. The van der Waals surface area contributed by atoms with Crippen molar-refractivity contribution >= 4 is 5.97 Å². The Labute approximate surface area is 88.1 Å². The normalized spacial score (nSPS) is 10.1. The van der Waals surface area contributed by atoms with Crippen molar-refractivity contribution in [1.82, 2.24) is 0 Å². The summed E-state index contributed by atoms with van der Waals surface area (Å²) in [5, 5.41) is 18.8. The molecule has 0 aliphatic rings. The summed E-state index contributed by atoms with van der Waals surface area (Å²) in [6, 6.07) is 0. The summed E-state index contributed by atoms with van der Waals surface area (Å²) in [7, 11) is 1.41. The van der Waals surface area contributed by atoms with E-state index >= 15 is 0 Å². The van der Waals surface area contributed by atoms with Crippen LogP contribution in [0.5, 0.6) is 11.5 Å². The topological polar surface area (TPSA) is 66.8 Å². The zero-order valence-corrected chi connectivity index (χ0v) is 9.21. The molecule has 0 aliphatic carbocycles. The molecule has 0 saturated heterocycles. The van der Waals surface area contributed by atoms with Crippen LogP contribution in [0.25, 0.3) is 0 Å². The molecule has 4 nitrogen and oxygen atoms in total. The molecule has 0 heterocycles. The van der Waals surface area contributed by atoms with Gasteiger partial charge >= 0.3 is 5.97 Å². The number of hydrogen-bond acceptors (Lipinski definition) is 3. The standard InChI is InChI=1S/C11H14O4/c1-5-6(2)9(12)10(15-4)7(3)8(5)11(13)14/h12H,1-4H3,(H,13,14). The van der Waals surface area contributed by atoms with Crippen LogP contribution in [0.2, 0.25) is 0 Å². The molecule has 82 valence electrons. The number of carboxylic acid groups (broad SMARTS) is 1. The average Bonchev–Trinajstić information content (AvgIpc) is 2.15. The van der Waals surface area contributed by atoms with E-state index in [0.29, 0.717) is 16.7 Å². The second kappa shape index (κ2) is 3.81. The molecule has 2 N–H and O–H groups in total. The quantitative estimate of drug-likeness (QED) is 0.783. The molecule has 4 heteroatoms. The van der Waals surface area contributed by atoms with Crippen molar-refractivity contribution < 1.29 is 19.7 Å². The molecule has 0 atom stereocenters. The maximum absolute atomic E-state index is 11.0. The Morgan fingerprint density at radius 1 is 1.13 bits per heavy atom. The monoisotopic (exact) mass is 210 g/mol. The molecule has 1 aromatic rings. The molecule has 1 rings (SSSR count). The third-order valence-electron chi connectivity index (χ3n) is 2.64. The predicted molar refractivity (Wildman–Crippen MR) is 55.8 cm³/mol. The molecule has 0 radical (unpaired) electrons. The Hall–Kier alpha value is -1.71. The molecule has 0 spiro atoms. The number of carbonyl (C=O) groups is 1. The summed E-state index contributed by atoms with van der Waals surface area (Å²) >= 11 is 0. The number of methoxy groups -OCH3 is 1. The van der Waals surface area contributed by atoms with E-state index in [9.17, 15) is 9.90 Å². The van der Waals surface area contributed by atoms with Crippen LogP contribution in [-0.4, -0.2) is 23.3 Å². The number of rotatable bonds is 2. The number of aromatic carboxylic acids is 1. The van der Waals surface area contributed by atoms with Crippen molar-refractivity contribution in [3.63, 3.8) is 0 Å². The Kier molecular flexibility index (Phi) is 2.88. The van der Waals surface area contributed by atoms with Crippen LogP contribution in [0, 0.1) is 20.8 Å². The molecule has 0 saturated carbocycles. The number of benzene rings is 1. The summed E-state index contributed by atoms with van der Waals surface area (Å²) in [5.41, 5.74) is 1.75. The van der Waals surface area contributed by atoms with E-state index in [1.54, 1.807) is 20.8 Å². The van der Waals surface area contributed by atoms with Crippen molar-refractivity contribution in [3.05, 3.63) is 22.3 Å². The van der Waals surface area contributed by atoms with Gasteiger partial charge in [-0.15, -0.1) is 0 Å². The molecular weight excluding hydrogens is 196 g/mol. The van der Waals surface area contributed by atoms with Crippen LogP contribution in [0.15, 0.2) is 0 Å². The lowest BCUT2D eigenvalue weighted by Gasteiger charge is -2.15. The van der Waals surface area contributed by atoms with E-state index in [2.05, 4.69) is 0 Å². The Morgan fingerprint density at radius 2 is 1.67 bits per heavy atom. The minimum Gasteiger partial charge on any atom is -0.504 e. The molecule has 0 bridgehead atoms. The highest BCUT2D eigenvalue weighted by molar-refractivity contribution is 5.93. The van der Waals surface area contributed by atoms with Crippen molar-refractivity contribution in [2.75, 3.05) is 7.11 Å². The second-order valence-corrected chi connectivity index (χ2v) is 3.44. The molecular formula is C11H14O4. The van der Waals surface area contributed by atoms with Gasteiger partial charge in [0.15, 0.2) is 11.5 Å². The summed E-state index contributed by atoms with van der Waals surface area (Å²) < 4.78 is 4.99. The zero-order chi connectivity index (χ0) is 11.7. The lowest BCUT2D eigenvalue weighted by atomic mass is 9.96. The van der Waals surface area contributed by atoms with E-state index < -0.39 is 5.97 Å². The third-order valence-corrected chi connectivity index (χ3v) is 2.64. The molecule has 0 aliphatic heterocycles. The number of hydrogen-bond donors (Lipinski definition) is 2. The summed E-state index contributed by atoms with van der Waals surface area (Å²) in [5.74, 6) is -0.764. The van der Waals surface area contributed by atoms with Crippen LogP contribution in [0.3, 0.4) is 0 Å².